The van der Waals surface area contributed by atoms with Crippen LogP contribution < -0.4 is 14.8 Å². The van der Waals surface area contributed by atoms with Gasteiger partial charge in [-0.3, -0.25) is 10.1 Å². The molecule has 0 atom stereocenters. The highest BCUT2D eigenvalue weighted by Gasteiger charge is 2.17. The number of carbonyl (C=O) groups is 1. The largest absolute Gasteiger partial charge is 0.454 e. The maximum atomic E-state index is 12.1. The van der Waals surface area contributed by atoms with Crippen molar-refractivity contribution in [2.45, 2.75) is 6.92 Å². The summed E-state index contributed by atoms with van der Waals surface area (Å²) in [4.78, 5) is 16.3. The summed E-state index contributed by atoms with van der Waals surface area (Å²) in [6.45, 7) is 1.79. The van der Waals surface area contributed by atoms with Crippen molar-refractivity contribution in [1.29, 1.82) is 0 Å². The zero-order chi connectivity index (χ0) is 14.8. The van der Waals surface area contributed by atoms with Gasteiger partial charge in [0.1, 0.15) is 11.4 Å². The maximum Gasteiger partial charge on any atom is 0.257 e. The van der Waals surface area contributed by atoms with E-state index < -0.39 is 0 Å². The second kappa shape index (κ2) is 5.41. The summed E-state index contributed by atoms with van der Waals surface area (Å²) < 4.78 is 10.4. The van der Waals surface area contributed by atoms with Crippen molar-refractivity contribution in [1.82, 2.24) is 4.98 Å². The Kier molecular flexibility index (Phi) is 3.44. The van der Waals surface area contributed by atoms with Crippen molar-refractivity contribution in [3.8, 4) is 11.5 Å². The van der Waals surface area contributed by atoms with Crippen LogP contribution in [0.2, 0.25) is 0 Å². The van der Waals surface area contributed by atoms with E-state index in [2.05, 4.69) is 15.5 Å². The number of nitrogens with zero attached hydrogens (tertiary/aromatic N) is 2. The number of anilines is 1. The van der Waals surface area contributed by atoms with Gasteiger partial charge in [0.2, 0.25) is 6.79 Å². The number of ether oxygens (including phenoxy) is 2. The van der Waals surface area contributed by atoms with E-state index in [9.17, 15) is 4.79 Å². The average Bonchev–Trinajstić information content (AvgIpc) is 3.14. The smallest absolute Gasteiger partial charge is 0.257 e. The third kappa shape index (κ3) is 2.65. The molecule has 1 aliphatic heterocycles. The lowest BCUT2D eigenvalue weighted by Gasteiger charge is -2.03. The van der Waals surface area contributed by atoms with Crippen LogP contribution in [0.3, 0.4) is 0 Å². The van der Waals surface area contributed by atoms with Crippen LogP contribution in [0, 0.1) is 0 Å². The summed E-state index contributed by atoms with van der Waals surface area (Å²) in [5.74, 6) is 0.872. The number of oxime groups is 1. The predicted molar refractivity (Wildman–Crippen MR) is 76.6 cm³/mol. The lowest BCUT2D eigenvalue weighted by molar-refractivity contribution is 0.102. The zero-order valence-corrected chi connectivity index (χ0v) is 11.8. The quantitative estimate of drug-likeness (QED) is 0.515. The molecule has 0 aliphatic carbocycles. The number of hydrogen-bond acceptors (Lipinski definition) is 7. The molecule has 1 aromatic carbocycles. The van der Waals surface area contributed by atoms with E-state index in [1.807, 2.05) is 0 Å². The number of benzene rings is 1. The third-order valence-electron chi connectivity index (χ3n) is 2.88. The normalized spacial score (nSPS) is 13.3. The molecule has 8 heteroatoms. The van der Waals surface area contributed by atoms with Crippen molar-refractivity contribution >= 4 is 28.1 Å². The van der Waals surface area contributed by atoms with E-state index in [-0.39, 0.29) is 12.7 Å². The molecule has 108 valence electrons. The Morgan fingerprint density at radius 2 is 2.24 bits per heavy atom. The Morgan fingerprint density at radius 3 is 3.05 bits per heavy atom. The fourth-order valence-corrected chi connectivity index (χ4v) is 2.50. The molecular formula is C13H11N3O4S. The van der Waals surface area contributed by atoms with Crippen molar-refractivity contribution in [2.75, 3.05) is 12.1 Å². The minimum atomic E-state index is -0.298. The topological polar surface area (TPSA) is 93.0 Å². The van der Waals surface area contributed by atoms with Crippen LogP contribution in [-0.2, 0) is 0 Å². The van der Waals surface area contributed by atoms with Crippen LogP contribution in [0.4, 0.5) is 5.13 Å². The van der Waals surface area contributed by atoms with Crippen LogP contribution in [0.1, 0.15) is 23.0 Å². The highest BCUT2D eigenvalue weighted by atomic mass is 32.1. The minimum absolute atomic E-state index is 0.163. The van der Waals surface area contributed by atoms with E-state index in [4.69, 9.17) is 14.7 Å². The molecule has 0 fully saturated rings. The number of nitrogens with one attached hydrogen (secondary N) is 1. The van der Waals surface area contributed by atoms with Crippen LogP contribution in [-0.4, -0.2) is 28.6 Å². The Morgan fingerprint density at radius 1 is 1.43 bits per heavy atom. The monoisotopic (exact) mass is 305 g/mol. The van der Waals surface area contributed by atoms with Crippen LogP contribution in [0.5, 0.6) is 11.5 Å². The molecule has 0 radical (unpaired) electrons. The summed E-state index contributed by atoms with van der Waals surface area (Å²) in [6, 6.07) is 4.96. The van der Waals surface area contributed by atoms with E-state index in [1.54, 1.807) is 30.5 Å². The number of rotatable bonds is 3. The highest BCUT2D eigenvalue weighted by molar-refractivity contribution is 7.14. The van der Waals surface area contributed by atoms with Gasteiger partial charge in [0.25, 0.3) is 5.91 Å². The van der Waals surface area contributed by atoms with Gasteiger partial charge in [0.05, 0.1) is 0 Å². The van der Waals surface area contributed by atoms with Gasteiger partial charge in [-0.2, -0.15) is 0 Å². The van der Waals surface area contributed by atoms with Gasteiger partial charge in [-0.1, -0.05) is 5.16 Å². The lowest BCUT2D eigenvalue weighted by atomic mass is 10.2. The van der Waals surface area contributed by atoms with E-state index >= 15 is 0 Å². The van der Waals surface area contributed by atoms with Crippen molar-refractivity contribution in [3.05, 3.63) is 34.8 Å². The molecule has 3 rings (SSSR count). The lowest BCUT2D eigenvalue weighted by Crippen LogP contribution is -2.11. The second-order valence-corrected chi connectivity index (χ2v) is 5.10. The first-order chi connectivity index (χ1) is 10.2. The first-order valence-corrected chi connectivity index (χ1v) is 6.91. The van der Waals surface area contributed by atoms with E-state index in [1.165, 1.54) is 11.3 Å². The molecule has 0 unspecified atom stereocenters. The number of hydrogen-bond donors (Lipinski definition) is 2. The fourth-order valence-electron chi connectivity index (χ4n) is 1.76. The molecule has 0 saturated carbocycles. The summed E-state index contributed by atoms with van der Waals surface area (Å²) in [6.07, 6.45) is 0. The number of fused-ring (bicyclic) bond motifs is 1. The second-order valence-electron chi connectivity index (χ2n) is 4.25. The average molecular weight is 305 g/mol. The van der Waals surface area contributed by atoms with Gasteiger partial charge in [-0.05, 0) is 25.1 Å². The number of amides is 1. The van der Waals surface area contributed by atoms with Gasteiger partial charge < -0.3 is 14.7 Å². The summed E-state index contributed by atoms with van der Waals surface area (Å²) in [5.41, 5.74) is 1.35. The molecule has 0 bridgehead atoms. The maximum absolute atomic E-state index is 12.1. The first-order valence-electron chi connectivity index (χ1n) is 6.03. The van der Waals surface area contributed by atoms with Crippen molar-refractivity contribution in [2.24, 2.45) is 5.16 Å². The number of aromatic nitrogens is 1. The Bertz CT molecular complexity index is 726. The van der Waals surface area contributed by atoms with E-state index in [0.29, 0.717) is 33.6 Å². The summed E-state index contributed by atoms with van der Waals surface area (Å²) >= 11 is 1.25. The Labute approximate surface area is 123 Å². The molecule has 2 N–H and O–H groups in total. The van der Waals surface area contributed by atoms with Gasteiger partial charge in [-0.15, -0.1) is 11.3 Å². The molecule has 1 aliphatic rings. The third-order valence-corrected chi connectivity index (χ3v) is 3.64. The SMILES string of the molecule is CC(=NO)c1csc(NC(=O)c2ccc3c(c2)OCO3)n1. The molecule has 1 aromatic heterocycles. The Hall–Kier alpha value is -2.61. The van der Waals surface area contributed by atoms with Gasteiger partial charge >= 0.3 is 0 Å². The van der Waals surface area contributed by atoms with Crippen molar-refractivity contribution < 1.29 is 19.5 Å². The molecule has 2 heterocycles. The molecule has 1 amide bonds. The Balaban J connectivity index is 1.76. The highest BCUT2D eigenvalue weighted by Crippen LogP contribution is 2.32. The summed E-state index contributed by atoms with van der Waals surface area (Å²) in [7, 11) is 0. The molecule has 21 heavy (non-hydrogen) atoms. The standard InChI is InChI=1S/C13H11N3O4S/c1-7(16-18)9-5-21-13(14-9)15-12(17)8-2-3-10-11(4-8)20-6-19-10/h2-5,18H,6H2,1H3,(H,14,15,17). The predicted octanol–water partition coefficient (Wildman–Crippen LogP) is 2.32. The van der Waals surface area contributed by atoms with Crippen LogP contribution in [0.15, 0.2) is 28.7 Å². The zero-order valence-electron chi connectivity index (χ0n) is 11.0. The van der Waals surface area contributed by atoms with Gasteiger partial charge in [0, 0.05) is 10.9 Å². The number of carbonyl (C=O) groups excluding carboxylic acids is 1. The van der Waals surface area contributed by atoms with E-state index in [0.717, 1.165) is 0 Å². The van der Waals surface area contributed by atoms with Gasteiger partial charge in [-0.25, -0.2) is 4.98 Å². The molecule has 0 saturated heterocycles. The fraction of sp³-hybridized carbons (Fsp3) is 0.154. The van der Waals surface area contributed by atoms with Gasteiger partial charge in [0.15, 0.2) is 16.6 Å². The number of thiazole rings is 1. The minimum Gasteiger partial charge on any atom is -0.454 e. The molecule has 7 nitrogen and oxygen atoms in total. The molecule has 0 spiro atoms. The first kappa shape index (κ1) is 13.4. The summed E-state index contributed by atoms with van der Waals surface area (Å²) in [5, 5.41) is 16.6. The molecule has 2 aromatic rings. The van der Waals surface area contributed by atoms with Crippen LogP contribution in [0.25, 0.3) is 0 Å². The van der Waals surface area contributed by atoms with Crippen LogP contribution >= 0.6 is 11.3 Å². The molecular weight excluding hydrogens is 294 g/mol. The van der Waals surface area contributed by atoms with Crippen molar-refractivity contribution in [3.63, 3.8) is 0 Å².